The largest absolute Gasteiger partial charge is 0.365 e. The van der Waals surface area contributed by atoms with Crippen LogP contribution in [0.25, 0.3) is 0 Å². The third kappa shape index (κ3) is 1.43. The second kappa shape index (κ2) is 2.64. The molecular weight excluding hydrogens is 128 g/mol. The van der Waals surface area contributed by atoms with E-state index in [0.29, 0.717) is 18.7 Å². The van der Waals surface area contributed by atoms with Gasteiger partial charge in [-0.15, -0.1) is 0 Å². The molecule has 0 aliphatic carbocycles. The van der Waals surface area contributed by atoms with Crippen molar-refractivity contribution in [2.45, 2.75) is 13.3 Å². The van der Waals surface area contributed by atoms with Gasteiger partial charge in [0.15, 0.2) is 0 Å². The van der Waals surface area contributed by atoms with Gasteiger partial charge in [-0.3, -0.25) is 9.79 Å². The van der Waals surface area contributed by atoms with E-state index in [-0.39, 0.29) is 0 Å². The molecule has 1 rings (SSSR count). The van der Waals surface area contributed by atoms with Gasteiger partial charge < -0.3 is 5.73 Å². The van der Waals surface area contributed by atoms with Gasteiger partial charge in [0, 0.05) is 6.42 Å². The fraction of sp³-hybridized carbons (Fsp3) is 0.429. The highest BCUT2D eigenvalue weighted by Crippen LogP contribution is 2.06. The van der Waals surface area contributed by atoms with Crippen molar-refractivity contribution in [3.05, 3.63) is 11.6 Å². The van der Waals surface area contributed by atoms with Gasteiger partial charge in [-0.05, 0) is 6.92 Å². The highest BCUT2D eigenvalue weighted by molar-refractivity contribution is 6.39. The molecule has 1 heterocycles. The zero-order chi connectivity index (χ0) is 7.56. The molecule has 1 aliphatic rings. The molecule has 0 atom stereocenters. The van der Waals surface area contributed by atoms with Crippen molar-refractivity contribution < 1.29 is 4.79 Å². The Morgan fingerprint density at radius 3 is 2.90 bits per heavy atom. The van der Waals surface area contributed by atoms with E-state index < -0.39 is 5.91 Å². The van der Waals surface area contributed by atoms with Crippen LogP contribution in [0.15, 0.2) is 16.6 Å². The Morgan fingerprint density at radius 1 is 1.80 bits per heavy atom. The molecule has 0 saturated carbocycles. The van der Waals surface area contributed by atoms with Gasteiger partial charge in [0.1, 0.15) is 5.71 Å². The Labute approximate surface area is 59.6 Å². The highest BCUT2D eigenvalue weighted by Gasteiger charge is 2.09. The van der Waals surface area contributed by atoms with Crippen LogP contribution in [0, 0.1) is 0 Å². The molecule has 3 nitrogen and oxygen atoms in total. The van der Waals surface area contributed by atoms with Gasteiger partial charge in [-0.1, -0.05) is 11.6 Å². The first-order valence-corrected chi connectivity index (χ1v) is 3.19. The van der Waals surface area contributed by atoms with Crippen LogP contribution >= 0.6 is 0 Å². The Bertz CT molecular complexity index is 216. The zero-order valence-corrected chi connectivity index (χ0v) is 5.92. The molecule has 0 saturated heterocycles. The maximum Gasteiger partial charge on any atom is 0.262 e. The van der Waals surface area contributed by atoms with Crippen LogP contribution in [0.4, 0.5) is 0 Å². The van der Waals surface area contributed by atoms with Crippen molar-refractivity contribution in [1.29, 1.82) is 0 Å². The summed E-state index contributed by atoms with van der Waals surface area (Å²) in [7, 11) is 0. The number of nitrogens with zero attached hydrogens (tertiary/aromatic N) is 1. The molecule has 3 heteroatoms. The molecule has 0 radical (unpaired) electrons. The van der Waals surface area contributed by atoms with Crippen LogP contribution in [0.3, 0.4) is 0 Å². The first-order chi connectivity index (χ1) is 4.70. The lowest BCUT2D eigenvalue weighted by Crippen LogP contribution is -2.25. The number of primary amides is 1. The predicted molar refractivity (Wildman–Crippen MR) is 39.9 cm³/mol. The standard InChI is InChI=1S/C7H10N2O/c1-5-2-3-9-6(4-5)7(8)10/h2H,3-4H2,1H3,(H2,8,10). The number of carbonyl (C=O) groups is 1. The fourth-order valence-corrected chi connectivity index (χ4v) is 0.869. The fourth-order valence-electron chi connectivity index (χ4n) is 0.869. The van der Waals surface area contributed by atoms with E-state index >= 15 is 0 Å². The SMILES string of the molecule is CC1=CCN=C(C(N)=O)C1. The topological polar surface area (TPSA) is 55.4 Å². The maximum absolute atomic E-state index is 10.6. The van der Waals surface area contributed by atoms with Gasteiger partial charge >= 0.3 is 0 Å². The molecule has 0 spiro atoms. The van der Waals surface area contributed by atoms with E-state index in [1.807, 2.05) is 13.0 Å². The molecule has 10 heavy (non-hydrogen) atoms. The summed E-state index contributed by atoms with van der Waals surface area (Å²) in [5, 5.41) is 0. The zero-order valence-electron chi connectivity index (χ0n) is 5.92. The lowest BCUT2D eigenvalue weighted by molar-refractivity contribution is -0.112. The molecule has 0 bridgehead atoms. The number of carbonyl (C=O) groups excluding carboxylic acids is 1. The Kier molecular flexibility index (Phi) is 1.85. The first kappa shape index (κ1) is 6.99. The van der Waals surface area contributed by atoms with Gasteiger partial charge in [-0.2, -0.15) is 0 Å². The summed E-state index contributed by atoms with van der Waals surface area (Å²) >= 11 is 0. The highest BCUT2D eigenvalue weighted by atomic mass is 16.1. The van der Waals surface area contributed by atoms with Gasteiger partial charge in [0.05, 0.1) is 6.54 Å². The normalized spacial score (nSPS) is 17.7. The average Bonchev–Trinajstić information content (AvgIpc) is 1.88. The molecule has 0 aromatic carbocycles. The molecule has 1 amide bonds. The summed E-state index contributed by atoms with van der Waals surface area (Å²) in [6.45, 7) is 2.57. The number of rotatable bonds is 1. The third-order valence-corrected chi connectivity index (χ3v) is 1.45. The number of aliphatic imine (C=N–C) groups is 1. The molecular formula is C7H10N2O. The molecule has 2 N–H and O–H groups in total. The molecule has 1 aliphatic heterocycles. The summed E-state index contributed by atoms with van der Waals surface area (Å²) < 4.78 is 0. The maximum atomic E-state index is 10.6. The molecule has 0 unspecified atom stereocenters. The van der Waals surface area contributed by atoms with E-state index in [2.05, 4.69) is 4.99 Å². The number of allylic oxidation sites excluding steroid dienone is 1. The van der Waals surface area contributed by atoms with Crippen molar-refractivity contribution in [2.24, 2.45) is 10.7 Å². The summed E-state index contributed by atoms with van der Waals surface area (Å²) in [6, 6.07) is 0. The Hall–Kier alpha value is -1.12. The number of hydrogen-bond donors (Lipinski definition) is 1. The lowest BCUT2D eigenvalue weighted by atomic mass is 10.1. The van der Waals surface area contributed by atoms with Gasteiger partial charge in [0.25, 0.3) is 5.91 Å². The van der Waals surface area contributed by atoms with Crippen LogP contribution < -0.4 is 5.73 Å². The van der Waals surface area contributed by atoms with Crippen molar-refractivity contribution in [3.63, 3.8) is 0 Å². The van der Waals surface area contributed by atoms with E-state index in [1.54, 1.807) is 0 Å². The lowest BCUT2D eigenvalue weighted by Gasteiger charge is -2.06. The van der Waals surface area contributed by atoms with Crippen LogP contribution in [-0.2, 0) is 4.79 Å². The van der Waals surface area contributed by atoms with E-state index in [0.717, 1.165) is 0 Å². The average molecular weight is 138 g/mol. The van der Waals surface area contributed by atoms with E-state index in [4.69, 9.17) is 5.73 Å². The second-order valence-electron chi connectivity index (χ2n) is 2.38. The quantitative estimate of drug-likeness (QED) is 0.519. The second-order valence-corrected chi connectivity index (χ2v) is 2.38. The minimum atomic E-state index is -0.396. The third-order valence-electron chi connectivity index (χ3n) is 1.45. The Balaban J connectivity index is 2.66. The van der Waals surface area contributed by atoms with Crippen molar-refractivity contribution in [3.8, 4) is 0 Å². The monoisotopic (exact) mass is 138 g/mol. The smallest absolute Gasteiger partial charge is 0.262 e. The molecule has 0 aromatic heterocycles. The summed E-state index contributed by atoms with van der Waals surface area (Å²) in [5.74, 6) is -0.396. The first-order valence-electron chi connectivity index (χ1n) is 3.19. The Morgan fingerprint density at radius 2 is 2.50 bits per heavy atom. The van der Waals surface area contributed by atoms with Crippen LogP contribution in [0.5, 0.6) is 0 Å². The molecule has 0 aromatic rings. The van der Waals surface area contributed by atoms with Crippen molar-refractivity contribution in [2.75, 3.05) is 6.54 Å². The number of hydrogen-bond acceptors (Lipinski definition) is 2. The van der Waals surface area contributed by atoms with Gasteiger partial charge in [0.2, 0.25) is 0 Å². The van der Waals surface area contributed by atoms with Crippen LogP contribution in [0.2, 0.25) is 0 Å². The number of dihydropyridines is 1. The van der Waals surface area contributed by atoms with Crippen molar-refractivity contribution in [1.82, 2.24) is 0 Å². The minimum absolute atomic E-state index is 0.396. The summed E-state index contributed by atoms with van der Waals surface area (Å²) in [4.78, 5) is 14.5. The summed E-state index contributed by atoms with van der Waals surface area (Å²) in [5.41, 5.74) is 6.70. The number of nitrogens with two attached hydrogens (primary N) is 1. The van der Waals surface area contributed by atoms with E-state index in [1.165, 1.54) is 5.57 Å². The minimum Gasteiger partial charge on any atom is -0.365 e. The van der Waals surface area contributed by atoms with Crippen molar-refractivity contribution >= 4 is 11.6 Å². The number of amides is 1. The predicted octanol–water partition coefficient (Wildman–Crippen LogP) is 0.263. The molecule has 54 valence electrons. The van der Waals surface area contributed by atoms with E-state index in [9.17, 15) is 4.79 Å². The molecule has 0 fully saturated rings. The summed E-state index contributed by atoms with van der Waals surface area (Å²) in [6.07, 6.45) is 2.61. The van der Waals surface area contributed by atoms with Crippen LogP contribution in [0.1, 0.15) is 13.3 Å². The van der Waals surface area contributed by atoms with Crippen LogP contribution in [-0.4, -0.2) is 18.2 Å². The van der Waals surface area contributed by atoms with Gasteiger partial charge in [-0.25, -0.2) is 0 Å².